The molecule has 0 saturated carbocycles. The van der Waals surface area contributed by atoms with Crippen LogP contribution in [0.15, 0.2) is 53.1 Å². The van der Waals surface area contributed by atoms with E-state index in [2.05, 4.69) is 5.32 Å². The highest BCUT2D eigenvalue weighted by molar-refractivity contribution is 5.80. The van der Waals surface area contributed by atoms with Crippen molar-refractivity contribution in [2.75, 3.05) is 20.6 Å². The van der Waals surface area contributed by atoms with Gasteiger partial charge < -0.3 is 14.5 Å². The lowest BCUT2D eigenvalue weighted by molar-refractivity contribution is -0.132. The van der Waals surface area contributed by atoms with Crippen LogP contribution >= 0.6 is 0 Å². The summed E-state index contributed by atoms with van der Waals surface area (Å²) in [7, 11) is 3.91. The van der Waals surface area contributed by atoms with Crippen LogP contribution in [-0.4, -0.2) is 37.6 Å². The van der Waals surface area contributed by atoms with Crippen molar-refractivity contribution in [2.24, 2.45) is 0 Å². The Morgan fingerprint density at radius 2 is 1.96 bits per heavy atom. The van der Waals surface area contributed by atoms with E-state index in [4.69, 9.17) is 9.15 Å². The number of rotatable bonds is 8. The third-order valence-corrected chi connectivity index (χ3v) is 3.68. The van der Waals surface area contributed by atoms with E-state index in [1.807, 2.05) is 61.5 Å². The Bertz CT molecular complexity index is 582. The number of carbonyl (C=O) groups excluding carboxylic acids is 1. The first-order valence-electron chi connectivity index (χ1n) is 7.71. The minimum absolute atomic E-state index is 0.00438. The third kappa shape index (κ3) is 5.23. The van der Waals surface area contributed by atoms with Crippen LogP contribution in [0.2, 0.25) is 0 Å². The van der Waals surface area contributed by atoms with Crippen molar-refractivity contribution in [1.82, 2.24) is 10.2 Å². The normalized spacial score (nSPS) is 13.7. The van der Waals surface area contributed by atoms with Gasteiger partial charge in [0.25, 0.3) is 0 Å². The van der Waals surface area contributed by atoms with Gasteiger partial charge in [0, 0.05) is 6.54 Å². The summed E-state index contributed by atoms with van der Waals surface area (Å²) in [5, 5.41) is 2.92. The molecule has 1 N–H and O–H groups in total. The first-order valence-corrected chi connectivity index (χ1v) is 7.71. The molecule has 2 aromatic rings. The van der Waals surface area contributed by atoms with Crippen LogP contribution < -0.4 is 5.32 Å². The number of nitrogens with zero attached hydrogens (tertiary/aromatic N) is 1. The highest BCUT2D eigenvalue weighted by Crippen LogP contribution is 2.17. The number of nitrogens with one attached hydrogen (secondary N) is 1. The van der Waals surface area contributed by atoms with Crippen molar-refractivity contribution in [3.05, 3.63) is 60.1 Å². The number of hydrogen-bond donors (Lipinski definition) is 1. The molecule has 5 heteroatoms. The van der Waals surface area contributed by atoms with Crippen LogP contribution in [0.1, 0.15) is 24.3 Å². The molecule has 0 saturated heterocycles. The fraction of sp³-hybridized carbons (Fsp3) is 0.389. The van der Waals surface area contributed by atoms with Crippen LogP contribution in [0.4, 0.5) is 0 Å². The summed E-state index contributed by atoms with van der Waals surface area (Å²) in [6.45, 7) is 2.65. The molecule has 23 heavy (non-hydrogen) atoms. The molecule has 2 atom stereocenters. The van der Waals surface area contributed by atoms with Gasteiger partial charge in [-0.3, -0.25) is 9.69 Å². The van der Waals surface area contributed by atoms with Crippen molar-refractivity contribution < 1.29 is 13.9 Å². The van der Waals surface area contributed by atoms with Gasteiger partial charge >= 0.3 is 0 Å². The quantitative estimate of drug-likeness (QED) is 0.813. The summed E-state index contributed by atoms with van der Waals surface area (Å²) in [6.07, 6.45) is 1.13. The zero-order valence-electron chi connectivity index (χ0n) is 13.9. The SMILES string of the molecule is C[C@H](OCc1ccccc1)C(=O)NC[C@@H](c1ccco1)N(C)C. The number of furan rings is 1. The zero-order chi connectivity index (χ0) is 16.7. The molecule has 124 valence electrons. The molecule has 0 bridgehead atoms. The molecule has 0 spiro atoms. The van der Waals surface area contributed by atoms with E-state index < -0.39 is 6.10 Å². The Kier molecular flexibility index (Phi) is 6.38. The fourth-order valence-electron chi connectivity index (χ4n) is 2.23. The lowest BCUT2D eigenvalue weighted by Crippen LogP contribution is -2.39. The Balaban J connectivity index is 1.81. The first kappa shape index (κ1) is 17.2. The predicted molar refractivity (Wildman–Crippen MR) is 88.8 cm³/mol. The van der Waals surface area contributed by atoms with Crippen LogP contribution in [0.5, 0.6) is 0 Å². The van der Waals surface area contributed by atoms with Crippen LogP contribution in [-0.2, 0) is 16.1 Å². The Hall–Kier alpha value is -2.11. The van der Waals surface area contributed by atoms with E-state index in [1.54, 1.807) is 13.2 Å². The van der Waals surface area contributed by atoms with E-state index in [1.165, 1.54) is 0 Å². The average Bonchev–Trinajstić information content (AvgIpc) is 3.07. The molecule has 1 heterocycles. The molecule has 0 fully saturated rings. The van der Waals surface area contributed by atoms with Gasteiger partial charge in [-0.05, 0) is 38.7 Å². The Morgan fingerprint density at radius 1 is 1.22 bits per heavy atom. The van der Waals surface area contributed by atoms with Gasteiger partial charge in [-0.15, -0.1) is 0 Å². The maximum atomic E-state index is 12.2. The average molecular weight is 316 g/mol. The van der Waals surface area contributed by atoms with Crippen molar-refractivity contribution >= 4 is 5.91 Å². The van der Waals surface area contributed by atoms with Crippen LogP contribution in [0, 0.1) is 0 Å². The Labute approximate surface area is 137 Å². The molecule has 5 nitrogen and oxygen atoms in total. The van der Waals surface area contributed by atoms with Gasteiger partial charge in [0.1, 0.15) is 11.9 Å². The summed E-state index contributed by atoms with van der Waals surface area (Å²) in [6, 6.07) is 13.6. The van der Waals surface area contributed by atoms with Gasteiger partial charge in [-0.25, -0.2) is 0 Å². The topological polar surface area (TPSA) is 54.7 Å². The smallest absolute Gasteiger partial charge is 0.248 e. The van der Waals surface area contributed by atoms with Crippen LogP contribution in [0.3, 0.4) is 0 Å². The molecule has 0 aliphatic carbocycles. The van der Waals surface area contributed by atoms with Gasteiger partial charge in [0.15, 0.2) is 0 Å². The second-order valence-corrected chi connectivity index (χ2v) is 5.68. The largest absolute Gasteiger partial charge is 0.468 e. The van der Waals surface area contributed by atoms with Crippen molar-refractivity contribution in [3.63, 3.8) is 0 Å². The summed E-state index contributed by atoms with van der Waals surface area (Å²) in [5.74, 6) is 0.701. The molecule has 0 unspecified atom stereocenters. The third-order valence-electron chi connectivity index (χ3n) is 3.68. The maximum absolute atomic E-state index is 12.2. The van der Waals surface area contributed by atoms with E-state index in [0.717, 1.165) is 11.3 Å². The molecule has 0 aliphatic rings. The van der Waals surface area contributed by atoms with Crippen molar-refractivity contribution in [2.45, 2.75) is 25.7 Å². The second-order valence-electron chi connectivity index (χ2n) is 5.68. The fourth-order valence-corrected chi connectivity index (χ4v) is 2.23. The number of benzene rings is 1. The van der Waals surface area contributed by atoms with Crippen molar-refractivity contribution in [1.29, 1.82) is 0 Å². The minimum atomic E-state index is -0.505. The Morgan fingerprint density at radius 3 is 2.57 bits per heavy atom. The van der Waals surface area contributed by atoms with Gasteiger partial charge in [0.2, 0.25) is 5.91 Å². The number of carbonyl (C=O) groups is 1. The predicted octanol–water partition coefficient (Wildman–Crippen LogP) is 2.60. The number of likely N-dealkylation sites (N-methyl/N-ethyl adjacent to an activating group) is 1. The first-order chi connectivity index (χ1) is 11.1. The molecular formula is C18H24N2O3. The number of hydrogen-bond acceptors (Lipinski definition) is 4. The van der Waals surface area contributed by atoms with Gasteiger partial charge in [-0.1, -0.05) is 30.3 Å². The highest BCUT2D eigenvalue weighted by atomic mass is 16.5. The standard InChI is InChI=1S/C18H24N2O3/c1-14(23-13-15-8-5-4-6-9-15)18(21)19-12-16(20(2)3)17-10-7-11-22-17/h4-11,14,16H,12-13H2,1-3H3,(H,19,21)/t14-,16-/m0/s1. The molecular weight excluding hydrogens is 292 g/mol. The van der Waals surface area contributed by atoms with E-state index in [-0.39, 0.29) is 11.9 Å². The van der Waals surface area contributed by atoms with Crippen molar-refractivity contribution in [3.8, 4) is 0 Å². The summed E-state index contributed by atoms with van der Waals surface area (Å²) < 4.78 is 11.1. The lowest BCUT2D eigenvalue weighted by atomic mass is 10.2. The van der Waals surface area contributed by atoms with Gasteiger partial charge in [0.05, 0.1) is 18.9 Å². The lowest BCUT2D eigenvalue weighted by Gasteiger charge is -2.23. The molecule has 2 rings (SSSR count). The molecule has 0 aliphatic heterocycles. The highest BCUT2D eigenvalue weighted by Gasteiger charge is 2.20. The number of ether oxygens (including phenoxy) is 1. The molecule has 1 aromatic heterocycles. The minimum Gasteiger partial charge on any atom is -0.468 e. The van der Waals surface area contributed by atoms with E-state index >= 15 is 0 Å². The van der Waals surface area contributed by atoms with E-state index in [9.17, 15) is 4.79 Å². The second kappa shape index (κ2) is 8.50. The summed E-state index contributed by atoms with van der Waals surface area (Å²) >= 11 is 0. The maximum Gasteiger partial charge on any atom is 0.248 e. The summed E-state index contributed by atoms with van der Waals surface area (Å²) in [4.78, 5) is 14.2. The summed E-state index contributed by atoms with van der Waals surface area (Å²) in [5.41, 5.74) is 1.05. The van der Waals surface area contributed by atoms with E-state index in [0.29, 0.717) is 13.2 Å². The monoisotopic (exact) mass is 316 g/mol. The zero-order valence-corrected chi connectivity index (χ0v) is 13.9. The number of amides is 1. The van der Waals surface area contributed by atoms with Crippen LogP contribution in [0.25, 0.3) is 0 Å². The molecule has 1 amide bonds. The molecule has 0 radical (unpaired) electrons. The van der Waals surface area contributed by atoms with Gasteiger partial charge in [-0.2, -0.15) is 0 Å². The molecule has 1 aromatic carbocycles.